The summed E-state index contributed by atoms with van der Waals surface area (Å²) in [5.41, 5.74) is 1.20. The molecule has 65 heavy (non-hydrogen) atoms. The van der Waals surface area contributed by atoms with Crippen molar-refractivity contribution in [2.24, 2.45) is 17.6 Å². The van der Waals surface area contributed by atoms with Crippen molar-refractivity contribution in [1.29, 1.82) is 0 Å². The van der Waals surface area contributed by atoms with E-state index in [1.54, 1.807) is 36.4 Å². The number of hydroxylamine groups is 4. The highest BCUT2D eigenvalue weighted by Crippen LogP contribution is 2.22. The molecule has 4 amide bonds. The van der Waals surface area contributed by atoms with Gasteiger partial charge in [0.05, 0.1) is 181 Å². The van der Waals surface area contributed by atoms with Gasteiger partial charge in [0, 0.05) is 0 Å². The number of nitrogens with zero attached hydrogens (tertiary/aromatic N) is 2. The molecule has 25 nitrogen and oxygen atoms in total. The second-order valence-electron chi connectivity index (χ2n) is 12.0. The maximum absolute atomic E-state index is 12.0. The highest BCUT2D eigenvalue weighted by Gasteiger charge is 2.36. The second kappa shape index (κ2) is 43.8. The molecule has 0 saturated heterocycles. The van der Waals surface area contributed by atoms with Gasteiger partial charge in [0.25, 0.3) is 23.6 Å². The first-order valence-electron chi connectivity index (χ1n) is 20.4. The van der Waals surface area contributed by atoms with Crippen molar-refractivity contribution in [1.82, 2.24) is 10.1 Å². The Kier molecular flexibility index (Phi) is 41.1. The molecule has 0 spiro atoms. The van der Waals surface area contributed by atoms with E-state index in [1.165, 1.54) is 12.1 Å². The van der Waals surface area contributed by atoms with Gasteiger partial charge in [-0.05, 0) is 24.3 Å². The van der Waals surface area contributed by atoms with Crippen LogP contribution in [0.4, 0.5) is 0 Å². The van der Waals surface area contributed by atoms with Crippen LogP contribution < -0.4 is 17.6 Å². The van der Waals surface area contributed by atoms with Gasteiger partial charge in [0.2, 0.25) is 0 Å². The van der Waals surface area contributed by atoms with Gasteiger partial charge in [-0.25, -0.2) is 5.90 Å². The molecule has 0 bridgehead atoms. The lowest BCUT2D eigenvalue weighted by molar-refractivity contribution is -0.108. The van der Waals surface area contributed by atoms with Gasteiger partial charge in [-0.15, -0.1) is 10.1 Å². The van der Waals surface area contributed by atoms with Crippen LogP contribution in [-0.4, -0.2) is 218 Å². The first-order valence-corrected chi connectivity index (χ1v) is 20.4. The van der Waals surface area contributed by atoms with Gasteiger partial charge in [-0.3, -0.25) is 40.9 Å². The molecule has 0 unspecified atom stereocenters. The summed E-state index contributed by atoms with van der Waals surface area (Å²) in [7, 11) is 0. The number of benzene rings is 2. The summed E-state index contributed by atoms with van der Waals surface area (Å²) in [6.07, 6.45) is 0. The van der Waals surface area contributed by atoms with Crippen molar-refractivity contribution in [2.45, 2.75) is 0 Å². The molecule has 2 aliphatic heterocycles. The molecule has 2 aliphatic rings. The number of amides is 4. The predicted molar refractivity (Wildman–Crippen MR) is 226 cm³/mol. The smallest absolute Gasteiger partial charge is 0.285 e. The van der Waals surface area contributed by atoms with Crippen LogP contribution in [0.25, 0.3) is 0 Å². The summed E-state index contributed by atoms with van der Waals surface area (Å²) < 4.78 is 45.8. The second-order valence-corrected chi connectivity index (χ2v) is 12.0. The summed E-state index contributed by atoms with van der Waals surface area (Å²) >= 11 is 0. The van der Waals surface area contributed by atoms with Crippen LogP contribution in [-0.2, 0) is 52.3 Å². The molecular weight excluding hydrogens is 870 g/mol. The molecule has 25 heteroatoms. The van der Waals surface area contributed by atoms with Crippen molar-refractivity contribution in [2.75, 3.05) is 159 Å². The predicted octanol–water partition coefficient (Wildman–Crippen LogP) is -2.31. The Bertz CT molecular complexity index is 1410. The van der Waals surface area contributed by atoms with Crippen molar-refractivity contribution < 1.29 is 97.1 Å². The van der Waals surface area contributed by atoms with E-state index in [0.717, 1.165) is 5.06 Å². The highest BCUT2D eigenvalue weighted by molar-refractivity contribution is 6.21. The summed E-state index contributed by atoms with van der Waals surface area (Å²) in [6, 6.07) is 12.9. The van der Waals surface area contributed by atoms with Gasteiger partial charge in [-0.1, -0.05) is 24.3 Å². The lowest BCUT2D eigenvalue weighted by atomic mass is 10.1. The van der Waals surface area contributed by atoms with Crippen LogP contribution in [0, 0.1) is 0 Å². The fraction of sp³-hybridized carbons (Fsp3) is 0.600. The fourth-order valence-corrected chi connectivity index (χ4v) is 4.64. The SMILES string of the molecule is NN.NOCCOCCOCCOCCO.O=C1c2ccccc2C(=O)N1O.O=C1c2ccccc2C(=O)N1OCCOCCOCCOCCO.OCCOCCOCCOCCO. The van der Waals surface area contributed by atoms with E-state index in [1.807, 2.05) is 0 Å². The molecule has 0 radical (unpaired) electrons. The van der Waals surface area contributed by atoms with E-state index >= 15 is 0 Å². The normalized spacial score (nSPS) is 12.4. The number of hydrogen-bond donors (Lipinski definition) is 8. The average molecular weight is 938 g/mol. The molecule has 0 saturated carbocycles. The van der Waals surface area contributed by atoms with E-state index in [-0.39, 0.29) is 55.8 Å². The third-order valence-corrected chi connectivity index (χ3v) is 7.50. The standard InChI is InChI=1S/C16H21NO7.C8H19NO5.C8H5NO3.C8H18O5.H4N2/c18-5-6-21-7-8-22-9-10-23-11-12-24-17-15(19)13-3-1-2-4-14(13)16(17)20;9-14-8-7-13-6-5-12-4-3-11-2-1-10;10-7-5-3-1-2-4-6(5)8(11)9(7)12;9-1-3-11-5-7-13-8-6-12-4-2-10;1-2/h1-4,18H,5-12H2;10H,1-9H2;1-4,12H;9-10H,1-8H2;1-2H2. The number of aliphatic hydroxyl groups is 4. The first-order chi connectivity index (χ1) is 31.8. The highest BCUT2D eigenvalue weighted by atomic mass is 16.7. The number of carbonyl (C=O) groups is 4. The fourth-order valence-electron chi connectivity index (χ4n) is 4.64. The molecule has 0 fully saturated rings. The summed E-state index contributed by atoms with van der Waals surface area (Å²) in [5.74, 6) is 10.6. The summed E-state index contributed by atoms with van der Waals surface area (Å²) in [4.78, 5) is 55.7. The number of nitrogens with two attached hydrogens (primary N) is 3. The Morgan fingerprint density at radius 2 is 0.600 bits per heavy atom. The number of rotatable bonds is 33. The zero-order valence-electron chi connectivity index (χ0n) is 36.6. The molecule has 0 atom stereocenters. The quantitative estimate of drug-likeness (QED) is 0.0122. The van der Waals surface area contributed by atoms with E-state index in [2.05, 4.69) is 16.5 Å². The maximum atomic E-state index is 12.0. The largest absolute Gasteiger partial charge is 0.394 e. The Labute approximate surface area is 377 Å². The van der Waals surface area contributed by atoms with Crippen LogP contribution >= 0.6 is 0 Å². The monoisotopic (exact) mass is 937 g/mol. The van der Waals surface area contributed by atoms with Gasteiger partial charge in [0.15, 0.2) is 0 Å². The van der Waals surface area contributed by atoms with Gasteiger partial charge in [-0.2, -0.15) is 0 Å². The Hall–Kier alpha value is -4.04. The molecular formula is C40H67N5O20. The lowest BCUT2D eigenvalue weighted by Crippen LogP contribution is -2.31. The summed E-state index contributed by atoms with van der Waals surface area (Å²) in [5, 5.41) is 43.4. The number of carbonyl (C=O) groups excluding carboxylic acids is 4. The van der Waals surface area contributed by atoms with Crippen molar-refractivity contribution in [3.63, 3.8) is 0 Å². The molecule has 2 heterocycles. The average Bonchev–Trinajstić information content (AvgIpc) is 3.71. The number of imide groups is 2. The minimum Gasteiger partial charge on any atom is -0.394 e. The lowest BCUT2D eigenvalue weighted by Gasteiger charge is -2.13. The topological polar surface area (TPSA) is 356 Å². The van der Waals surface area contributed by atoms with Crippen LogP contribution in [0.5, 0.6) is 0 Å². The van der Waals surface area contributed by atoms with Gasteiger partial charge >= 0.3 is 0 Å². The van der Waals surface area contributed by atoms with Crippen molar-refractivity contribution in [3.8, 4) is 0 Å². The van der Waals surface area contributed by atoms with Crippen LogP contribution in [0.1, 0.15) is 41.4 Å². The zero-order chi connectivity index (χ0) is 48.2. The summed E-state index contributed by atoms with van der Waals surface area (Å²) in [6.45, 7) is 8.30. The molecule has 372 valence electrons. The van der Waals surface area contributed by atoms with Crippen LogP contribution in [0.15, 0.2) is 48.5 Å². The van der Waals surface area contributed by atoms with Crippen LogP contribution in [0.3, 0.4) is 0 Å². The zero-order valence-corrected chi connectivity index (χ0v) is 36.6. The molecule has 2 aromatic rings. The van der Waals surface area contributed by atoms with E-state index in [4.69, 9.17) is 79.0 Å². The third kappa shape index (κ3) is 28.6. The van der Waals surface area contributed by atoms with E-state index in [0.29, 0.717) is 130 Å². The minimum atomic E-state index is -0.657. The van der Waals surface area contributed by atoms with E-state index in [9.17, 15) is 19.2 Å². The molecule has 0 aliphatic carbocycles. The molecule has 2 aromatic carbocycles. The third-order valence-electron chi connectivity index (χ3n) is 7.50. The Morgan fingerprint density at radius 3 is 0.862 bits per heavy atom. The van der Waals surface area contributed by atoms with E-state index < -0.39 is 23.6 Å². The number of fused-ring (bicyclic) bond motifs is 2. The minimum absolute atomic E-state index is 0.00375. The molecule has 11 N–H and O–H groups in total. The Morgan fingerprint density at radius 1 is 0.369 bits per heavy atom. The number of aliphatic hydroxyl groups excluding tert-OH is 4. The molecule has 0 aromatic heterocycles. The number of hydrogen-bond acceptors (Lipinski definition) is 23. The number of hydrazine groups is 1. The molecule has 4 rings (SSSR count). The maximum Gasteiger partial charge on any atom is 0.285 e. The van der Waals surface area contributed by atoms with Gasteiger partial charge < -0.3 is 67.9 Å². The van der Waals surface area contributed by atoms with Crippen molar-refractivity contribution in [3.05, 3.63) is 70.8 Å². The first kappa shape index (κ1) is 61.0. The Balaban J connectivity index is 0.000000868. The number of ether oxygens (including phenoxy) is 9. The van der Waals surface area contributed by atoms with Gasteiger partial charge in [0.1, 0.15) is 0 Å². The van der Waals surface area contributed by atoms with Crippen LogP contribution in [0.2, 0.25) is 0 Å². The van der Waals surface area contributed by atoms with Crippen molar-refractivity contribution >= 4 is 23.6 Å².